The van der Waals surface area contributed by atoms with E-state index < -0.39 is 45.0 Å². The summed E-state index contributed by atoms with van der Waals surface area (Å²) in [7, 11) is -2.63. The Hall–Kier alpha value is -5.06. The van der Waals surface area contributed by atoms with Crippen LogP contribution in [0.5, 0.6) is 17.2 Å². The third-order valence-electron chi connectivity index (χ3n) is 8.66. The molecule has 0 radical (unpaired) electrons. The van der Waals surface area contributed by atoms with E-state index in [1.807, 2.05) is 12.1 Å². The van der Waals surface area contributed by atoms with Crippen LogP contribution in [0.25, 0.3) is 0 Å². The van der Waals surface area contributed by atoms with E-state index in [0.29, 0.717) is 30.5 Å². The fourth-order valence-corrected chi connectivity index (χ4v) is 8.04. The maximum Gasteiger partial charge on any atom is 0.573 e. The molecule has 1 saturated heterocycles. The van der Waals surface area contributed by atoms with Crippen molar-refractivity contribution in [3.8, 4) is 17.2 Å². The van der Waals surface area contributed by atoms with Gasteiger partial charge in [-0.05, 0) is 48.5 Å². The number of carbonyl (C=O) groups excluding carboxylic acids is 2. The minimum absolute atomic E-state index is 0.0233. The van der Waals surface area contributed by atoms with Gasteiger partial charge in [0, 0.05) is 66.5 Å². The van der Waals surface area contributed by atoms with E-state index in [-0.39, 0.29) is 39.2 Å². The lowest BCUT2D eigenvalue weighted by Gasteiger charge is -2.37. The molecule has 1 aromatic heterocycles. The lowest BCUT2D eigenvalue weighted by molar-refractivity contribution is -0.275. The summed E-state index contributed by atoms with van der Waals surface area (Å²) in [4.78, 5) is 35.5. The first-order valence-corrected chi connectivity index (χ1v) is 17.3. The van der Waals surface area contributed by atoms with Crippen molar-refractivity contribution in [3.05, 3.63) is 101 Å². The summed E-state index contributed by atoms with van der Waals surface area (Å²) in [6, 6.07) is 16.7. The van der Waals surface area contributed by atoms with Crippen molar-refractivity contribution < 1.29 is 45.4 Å². The van der Waals surface area contributed by atoms with E-state index in [1.165, 1.54) is 38.5 Å². The smallest absolute Gasteiger partial charge is 0.497 e. The molecule has 6 rings (SSSR count). The number of sulfonamides is 1. The SMILES string of the molecule is COc1ccc(S(=O)(=O)N2C(=O)C(NCC(=O)N3CCN(c4ccncc4)CC3)(c3ccccc3OC)c3cc(Cl)ccc32)c(OC(F)(F)F)c1. The lowest BCUT2D eigenvalue weighted by Crippen LogP contribution is -2.57. The third kappa shape index (κ3) is 6.73. The molecule has 3 aromatic carbocycles. The summed E-state index contributed by atoms with van der Waals surface area (Å²) in [5, 5.41) is 3.16. The van der Waals surface area contributed by atoms with Crippen LogP contribution in [0.4, 0.5) is 24.5 Å². The molecule has 0 bridgehead atoms. The molecular formula is C34H31ClF3N5O7S. The number of hydrogen-bond donors (Lipinski definition) is 1. The fraction of sp³-hybridized carbons (Fsp3) is 0.265. The second kappa shape index (κ2) is 13.9. The first-order chi connectivity index (χ1) is 24.3. The summed E-state index contributed by atoms with van der Waals surface area (Å²) in [5.41, 5.74) is -1.22. The van der Waals surface area contributed by atoms with Gasteiger partial charge in [0.2, 0.25) is 5.91 Å². The van der Waals surface area contributed by atoms with Crippen LogP contribution in [0.15, 0.2) is 90.1 Å². The number of fused-ring (bicyclic) bond motifs is 1. The number of benzene rings is 3. The molecule has 3 heterocycles. The highest BCUT2D eigenvalue weighted by Gasteiger charge is 2.58. The number of hydrogen-bond acceptors (Lipinski definition) is 10. The number of methoxy groups -OCH3 is 2. The van der Waals surface area contributed by atoms with E-state index in [4.69, 9.17) is 21.1 Å². The molecule has 1 unspecified atom stereocenters. The number of piperazine rings is 1. The Morgan fingerprint density at radius 1 is 0.922 bits per heavy atom. The van der Waals surface area contributed by atoms with E-state index >= 15 is 0 Å². The number of halogens is 4. The average Bonchev–Trinajstić information content (AvgIpc) is 3.37. The van der Waals surface area contributed by atoms with Crippen LogP contribution in [0.1, 0.15) is 11.1 Å². The number of ether oxygens (including phenoxy) is 3. The van der Waals surface area contributed by atoms with Crippen LogP contribution in [0.3, 0.4) is 0 Å². The van der Waals surface area contributed by atoms with Gasteiger partial charge in [0.15, 0.2) is 11.3 Å². The zero-order valence-corrected chi connectivity index (χ0v) is 28.8. The fourth-order valence-electron chi connectivity index (χ4n) is 6.30. The van der Waals surface area contributed by atoms with Gasteiger partial charge in [0.05, 0.1) is 26.5 Å². The van der Waals surface area contributed by atoms with Gasteiger partial charge in [-0.1, -0.05) is 29.8 Å². The van der Waals surface area contributed by atoms with Crippen molar-refractivity contribution in [2.45, 2.75) is 16.8 Å². The number of carbonyl (C=O) groups is 2. The molecule has 1 fully saturated rings. The van der Waals surface area contributed by atoms with E-state index in [0.717, 1.165) is 23.9 Å². The Balaban J connectivity index is 1.42. The van der Waals surface area contributed by atoms with Crippen molar-refractivity contribution in [1.29, 1.82) is 0 Å². The van der Waals surface area contributed by atoms with Gasteiger partial charge in [0.25, 0.3) is 15.9 Å². The summed E-state index contributed by atoms with van der Waals surface area (Å²) >= 11 is 6.44. The van der Waals surface area contributed by atoms with E-state index in [1.54, 1.807) is 35.5 Å². The molecule has 0 spiro atoms. The summed E-state index contributed by atoms with van der Waals surface area (Å²) in [6.07, 6.45) is -1.93. The summed E-state index contributed by atoms with van der Waals surface area (Å²) in [5.74, 6) is -2.61. The van der Waals surface area contributed by atoms with Gasteiger partial charge in [-0.3, -0.25) is 19.9 Å². The minimum Gasteiger partial charge on any atom is -0.497 e. The molecule has 1 N–H and O–H groups in total. The number of nitrogens with one attached hydrogen (secondary N) is 1. The van der Waals surface area contributed by atoms with Crippen LogP contribution < -0.4 is 28.7 Å². The topological polar surface area (TPSA) is 131 Å². The zero-order valence-electron chi connectivity index (χ0n) is 27.2. The Bertz CT molecular complexity index is 2070. The predicted molar refractivity (Wildman–Crippen MR) is 181 cm³/mol. The molecule has 17 heteroatoms. The average molecular weight is 746 g/mol. The largest absolute Gasteiger partial charge is 0.573 e. The number of nitrogens with zero attached hydrogens (tertiary/aromatic N) is 4. The number of anilines is 2. The highest BCUT2D eigenvalue weighted by Crippen LogP contribution is 2.50. The quantitative estimate of drug-likeness (QED) is 0.247. The normalized spacial score (nSPS) is 17.7. The van der Waals surface area contributed by atoms with Gasteiger partial charge in [-0.2, -0.15) is 0 Å². The molecule has 2 amide bonds. The second-order valence-electron chi connectivity index (χ2n) is 11.5. The Morgan fingerprint density at radius 3 is 2.29 bits per heavy atom. The molecule has 2 aliphatic rings. The number of rotatable bonds is 10. The Kier molecular flexibility index (Phi) is 9.76. The molecule has 1 atom stereocenters. The van der Waals surface area contributed by atoms with Crippen LogP contribution in [-0.2, 0) is 25.2 Å². The maximum atomic E-state index is 15.0. The summed E-state index contributed by atoms with van der Waals surface area (Å²) in [6.45, 7) is 1.34. The van der Waals surface area contributed by atoms with Crippen molar-refractivity contribution in [2.24, 2.45) is 0 Å². The number of alkyl halides is 3. The van der Waals surface area contributed by atoms with Crippen molar-refractivity contribution in [2.75, 3.05) is 56.1 Å². The zero-order chi connectivity index (χ0) is 36.6. The van der Waals surface area contributed by atoms with Crippen molar-refractivity contribution >= 4 is 44.8 Å². The van der Waals surface area contributed by atoms with Crippen LogP contribution >= 0.6 is 11.6 Å². The molecule has 4 aromatic rings. The van der Waals surface area contributed by atoms with Crippen molar-refractivity contribution in [1.82, 2.24) is 15.2 Å². The number of amides is 2. The second-order valence-corrected chi connectivity index (χ2v) is 13.7. The van der Waals surface area contributed by atoms with Gasteiger partial charge in [0.1, 0.15) is 16.4 Å². The number of para-hydroxylation sites is 1. The first kappa shape index (κ1) is 35.8. The summed E-state index contributed by atoms with van der Waals surface area (Å²) < 4.78 is 84.6. The molecule has 51 heavy (non-hydrogen) atoms. The number of aromatic nitrogens is 1. The third-order valence-corrected chi connectivity index (χ3v) is 10.6. The monoisotopic (exact) mass is 745 g/mol. The van der Waals surface area contributed by atoms with Crippen LogP contribution in [-0.4, -0.2) is 83.4 Å². The highest BCUT2D eigenvalue weighted by molar-refractivity contribution is 7.93. The highest BCUT2D eigenvalue weighted by atomic mass is 35.5. The minimum atomic E-state index is -5.29. The standard InChI is InChI=1S/C34H31ClF3N5O7S/c1-48-24-8-10-30(29(20-24)50-34(36,37)38)51(46,47)43-27-9-7-22(35)19-26(27)33(32(43)45,25-5-3-4-6-28(25)49-2)40-21-31(44)42-17-15-41(16-18-42)23-11-13-39-14-12-23/h3-14,19-20,40H,15-18,21H2,1-2H3. The Morgan fingerprint density at radius 2 is 1.63 bits per heavy atom. The molecule has 0 saturated carbocycles. The van der Waals surface area contributed by atoms with Crippen molar-refractivity contribution in [3.63, 3.8) is 0 Å². The molecule has 12 nitrogen and oxygen atoms in total. The molecule has 2 aliphatic heterocycles. The van der Waals surface area contributed by atoms with Crippen LogP contribution in [0.2, 0.25) is 5.02 Å². The van der Waals surface area contributed by atoms with E-state index in [9.17, 15) is 31.2 Å². The van der Waals surface area contributed by atoms with Gasteiger partial charge < -0.3 is 24.0 Å². The van der Waals surface area contributed by atoms with Gasteiger partial charge in [-0.25, -0.2) is 12.7 Å². The number of pyridine rings is 1. The maximum absolute atomic E-state index is 15.0. The predicted octanol–water partition coefficient (Wildman–Crippen LogP) is 4.57. The first-order valence-electron chi connectivity index (χ1n) is 15.4. The lowest BCUT2D eigenvalue weighted by atomic mass is 9.83. The Labute approximate surface area is 296 Å². The van der Waals surface area contributed by atoms with Gasteiger partial charge in [-0.15, -0.1) is 13.2 Å². The van der Waals surface area contributed by atoms with E-state index in [2.05, 4.69) is 19.9 Å². The molecular weight excluding hydrogens is 715 g/mol. The van der Waals surface area contributed by atoms with Crippen LogP contribution in [0, 0.1) is 0 Å². The van der Waals surface area contributed by atoms with Gasteiger partial charge >= 0.3 is 6.36 Å². The molecule has 268 valence electrons. The molecule has 0 aliphatic carbocycles.